The highest BCUT2D eigenvalue weighted by Gasteiger charge is 2.38. The second kappa shape index (κ2) is 6.04. The molecule has 1 amide bonds. The molecule has 0 aliphatic carbocycles. The zero-order valence-corrected chi connectivity index (χ0v) is 12.9. The molecule has 0 radical (unpaired) electrons. The van der Waals surface area contributed by atoms with Gasteiger partial charge in [-0.2, -0.15) is 23.3 Å². The Morgan fingerprint density at radius 2 is 1.96 bits per heavy atom. The summed E-state index contributed by atoms with van der Waals surface area (Å²) in [6, 6.07) is 6.54. The van der Waals surface area contributed by atoms with E-state index in [1.54, 1.807) is 42.1 Å². The number of amides is 1. The average molecular weight is 351 g/mol. The molecule has 1 aromatic carbocycles. The number of aryl methyl sites for hydroxylation is 1. The summed E-state index contributed by atoms with van der Waals surface area (Å²) in [5.41, 5.74) is 7.31. The van der Waals surface area contributed by atoms with Gasteiger partial charge < -0.3 is 10.3 Å². The molecule has 0 aliphatic rings. The van der Waals surface area contributed by atoms with Crippen molar-refractivity contribution >= 4 is 5.91 Å². The minimum atomic E-state index is -4.68. The minimum Gasteiger partial charge on any atom is -0.365 e. The Balaban J connectivity index is 1.77. The molecule has 0 aliphatic heterocycles. The second-order valence-electron chi connectivity index (χ2n) is 5.31. The molecule has 10 heteroatoms. The largest absolute Gasteiger partial charge is 0.471 e. The first-order valence-corrected chi connectivity index (χ1v) is 7.08. The highest BCUT2D eigenvalue weighted by Crippen LogP contribution is 2.29. The zero-order chi connectivity index (χ0) is 18.2. The number of benzene rings is 1. The van der Waals surface area contributed by atoms with E-state index in [0.29, 0.717) is 23.4 Å². The molecule has 0 fully saturated rings. The monoisotopic (exact) mass is 351 g/mol. The van der Waals surface area contributed by atoms with Crippen molar-refractivity contribution in [3.05, 3.63) is 53.2 Å². The number of halogens is 3. The first-order valence-electron chi connectivity index (χ1n) is 7.08. The Morgan fingerprint density at radius 3 is 2.48 bits per heavy atom. The Bertz CT molecular complexity index is 912. The SMILES string of the molecule is Cc1nn(Cc2ccc(-c3noc(C(F)(F)F)n3)cc2)cc1C(N)=O. The van der Waals surface area contributed by atoms with Gasteiger partial charge in [0.2, 0.25) is 5.82 Å². The maximum atomic E-state index is 12.5. The number of hydrogen-bond acceptors (Lipinski definition) is 5. The third-order valence-electron chi connectivity index (χ3n) is 3.44. The van der Waals surface area contributed by atoms with Crippen molar-refractivity contribution in [3.8, 4) is 11.4 Å². The highest BCUT2D eigenvalue weighted by atomic mass is 19.4. The molecule has 2 aromatic heterocycles. The van der Waals surface area contributed by atoms with Gasteiger partial charge in [-0.25, -0.2) is 0 Å². The van der Waals surface area contributed by atoms with Crippen LogP contribution in [-0.4, -0.2) is 25.8 Å². The lowest BCUT2D eigenvalue weighted by Gasteiger charge is -2.02. The van der Waals surface area contributed by atoms with Crippen LogP contribution in [0.4, 0.5) is 13.2 Å². The molecule has 3 aromatic rings. The predicted molar refractivity (Wildman–Crippen MR) is 79.3 cm³/mol. The van der Waals surface area contributed by atoms with Gasteiger partial charge in [0.25, 0.3) is 5.91 Å². The van der Waals surface area contributed by atoms with Crippen LogP contribution in [0, 0.1) is 6.92 Å². The van der Waals surface area contributed by atoms with Crippen LogP contribution in [0.3, 0.4) is 0 Å². The summed E-state index contributed by atoms with van der Waals surface area (Å²) in [7, 11) is 0. The molecule has 0 saturated carbocycles. The molecule has 0 spiro atoms. The van der Waals surface area contributed by atoms with Crippen molar-refractivity contribution in [1.29, 1.82) is 0 Å². The number of carbonyl (C=O) groups is 1. The molecular formula is C15H12F3N5O2. The maximum absolute atomic E-state index is 12.5. The van der Waals surface area contributed by atoms with Crippen LogP contribution in [0.1, 0.15) is 27.5 Å². The Kier molecular flexibility index (Phi) is 4.03. The van der Waals surface area contributed by atoms with Gasteiger partial charge in [-0.05, 0) is 12.5 Å². The quantitative estimate of drug-likeness (QED) is 0.778. The minimum absolute atomic E-state index is 0.148. The molecule has 0 unspecified atom stereocenters. The number of nitrogens with zero attached hydrogens (tertiary/aromatic N) is 4. The van der Waals surface area contributed by atoms with E-state index < -0.39 is 18.0 Å². The number of aromatic nitrogens is 4. The van der Waals surface area contributed by atoms with Gasteiger partial charge in [-0.15, -0.1) is 0 Å². The van der Waals surface area contributed by atoms with Crippen LogP contribution in [0.2, 0.25) is 0 Å². The van der Waals surface area contributed by atoms with Gasteiger partial charge in [-0.3, -0.25) is 9.48 Å². The number of carbonyl (C=O) groups excluding carboxylic acids is 1. The summed E-state index contributed by atoms with van der Waals surface area (Å²) in [5, 5.41) is 7.52. The first kappa shape index (κ1) is 16.7. The number of rotatable bonds is 4. The summed E-state index contributed by atoms with van der Waals surface area (Å²) in [6.07, 6.45) is -3.14. The molecule has 0 bridgehead atoms. The van der Waals surface area contributed by atoms with Gasteiger partial charge in [0, 0.05) is 11.8 Å². The maximum Gasteiger partial charge on any atom is 0.471 e. The van der Waals surface area contributed by atoms with E-state index in [4.69, 9.17) is 5.73 Å². The number of nitrogens with two attached hydrogens (primary N) is 1. The van der Waals surface area contributed by atoms with Crippen molar-refractivity contribution in [2.24, 2.45) is 5.73 Å². The standard InChI is InChI=1S/C15H12F3N5O2/c1-8-11(12(19)24)7-23(21-8)6-9-2-4-10(5-3-9)13-20-14(25-22-13)15(16,17)18/h2-5,7H,6H2,1H3,(H2,19,24). The van der Waals surface area contributed by atoms with Gasteiger partial charge in [0.05, 0.1) is 17.8 Å². The van der Waals surface area contributed by atoms with Gasteiger partial charge in [0.1, 0.15) is 0 Å². The topological polar surface area (TPSA) is 99.8 Å². The summed E-state index contributed by atoms with van der Waals surface area (Å²) in [5.74, 6) is -2.10. The number of primary amides is 1. The second-order valence-corrected chi connectivity index (χ2v) is 5.31. The van der Waals surface area contributed by atoms with Crippen molar-refractivity contribution in [2.75, 3.05) is 0 Å². The molecule has 2 heterocycles. The zero-order valence-electron chi connectivity index (χ0n) is 12.9. The van der Waals surface area contributed by atoms with Crippen LogP contribution in [0.5, 0.6) is 0 Å². The molecule has 25 heavy (non-hydrogen) atoms. The average Bonchev–Trinajstić information content (AvgIpc) is 3.15. The molecular weight excluding hydrogens is 339 g/mol. The fourth-order valence-corrected chi connectivity index (χ4v) is 2.24. The summed E-state index contributed by atoms with van der Waals surface area (Å²) in [4.78, 5) is 14.6. The Morgan fingerprint density at radius 1 is 1.28 bits per heavy atom. The van der Waals surface area contributed by atoms with Crippen molar-refractivity contribution < 1.29 is 22.5 Å². The fraction of sp³-hybridized carbons (Fsp3) is 0.200. The van der Waals surface area contributed by atoms with E-state index in [9.17, 15) is 18.0 Å². The summed E-state index contributed by atoms with van der Waals surface area (Å²) >= 11 is 0. The van der Waals surface area contributed by atoms with Gasteiger partial charge >= 0.3 is 12.1 Å². The van der Waals surface area contributed by atoms with Gasteiger partial charge in [0.15, 0.2) is 0 Å². The van der Waals surface area contributed by atoms with E-state index in [1.807, 2.05) is 0 Å². The van der Waals surface area contributed by atoms with E-state index >= 15 is 0 Å². The fourth-order valence-electron chi connectivity index (χ4n) is 2.24. The van der Waals surface area contributed by atoms with Crippen LogP contribution in [0.15, 0.2) is 35.0 Å². The predicted octanol–water partition coefficient (Wildman–Crippen LogP) is 2.41. The lowest BCUT2D eigenvalue weighted by Crippen LogP contribution is -2.11. The lowest BCUT2D eigenvalue weighted by molar-refractivity contribution is -0.159. The van der Waals surface area contributed by atoms with Crippen molar-refractivity contribution in [3.63, 3.8) is 0 Å². The smallest absolute Gasteiger partial charge is 0.365 e. The van der Waals surface area contributed by atoms with Crippen LogP contribution >= 0.6 is 0 Å². The molecule has 0 atom stereocenters. The lowest BCUT2D eigenvalue weighted by atomic mass is 10.1. The highest BCUT2D eigenvalue weighted by molar-refractivity contribution is 5.93. The van der Waals surface area contributed by atoms with E-state index in [-0.39, 0.29) is 5.82 Å². The molecule has 0 saturated heterocycles. The van der Waals surface area contributed by atoms with Gasteiger partial charge in [-0.1, -0.05) is 29.4 Å². The third kappa shape index (κ3) is 3.52. The number of alkyl halides is 3. The van der Waals surface area contributed by atoms with Crippen molar-refractivity contribution in [2.45, 2.75) is 19.6 Å². The Labute approximate surface area is 139 Å². The third-order valence-corrected chi connectivity index (χ3v) is 3.44. The number of hydrogen-bond donors (Lipinski definition) is 1. The van der Waals surface area contributed by atoms with Crippen LogP contribution < -0.4 is 5.73 Å². The van der Waals surface area contributed by atoms with Crippen molar-refractivity contribution in [1.82, 2.24) is 19.9 Å². The summed E-state index contributed by atoms with van der Waals surface area (Å²) < 4.78 is 43.2. The first-order chi connectivity index (χ1) is 11.7. The molecule has 3 rings (SSSR count). The van der Waals surface area contributed by atoms with E-state index in [2.05, 4.69) is 19.8 Å². The van der Waals surface area contributed by atoms with Crippen LogP contribution in [-0.2, 0) is 12.7 Å². The molecule has 2 N–H and O–H groups in total. The summed E-state index contributed by atoms with van der Waals surface area (Å²) in [6.45, 7) is 2.04. The van der Waals surface area contributed by atoms with E-state index in [0.717, 1.165) is 5.56 Å². The van der Waals surface area contributed by atoms with E-state index in [1.165, 1.54) is 0 Å². The molecule has 7 nitrogen and oxygen atoms in total. The normalized spacial score (nSPS) is 11.7. The van der Waals surface area contributed by atoms with Crippen LogP contribution in [0.25, 0.3) is 11.4 Å². The Hall–Kier alpha value is -3.17. The molecule has 130 valence electrons.